The summed E-state index contributed by atoms with van der Waals surface area (Å²) in [4.78, 5) is 10.8. The SMILES string of the molecule is CCc1c(OC)c(O)c2ccccc2c1/C=C/C(=O)O. The number of hydrogen-bond acceptors (Lipinski definition) is 3. The van der Waals surface area contributed by atoms with Gasteiger partial charge in [-0.05, 0) is 23.4 Å². The standard InChI is InChI=1S/C16H16O4/c1-3-10-12(8-9-14(17)18)11-6-4-5-7-13(11)15(19)16(10)20-2/h4-9,19H,3H2,1-2H3,(H,17,18)/b9-8+. The fourth-order valence-electron chi connectivity index (χ4n) is 2.39. The van der Waals surface area contributed by atoms with Gasteiger partial charge in [-0.2, -0.15) is 0 Å². The first kappa shape index (κ1) is 13.9. The Kier molecular flexibility index (Phi) is 3.94. The van der Waals surface area contributed by atoms with E-state index < -0.39 is 5.97 Å². The average Bonchev–Trinajstić information content (AvgIpc) is 2.45. The molecule has 0 unspecified atom stereocenters. The van der Waals surface area contributed by atoms with Crippen molar-refractivity contribution in [2.75, 3.05) is 7.11 Å². The summed E-state index contributed by atoms with van der Waals surface area (Å²) < 4.78 is 5.29. The van der Waals surface area contributed by atoms with Gasteiger partial charge in [0.25, 0.3) is 0 Å². The molecule has 2 rings (SSSR count). The predicted octanol–water partition coefficient (Wildman–Crippen LogP) is 3.21. The third-order valence-corrected chi connectivity index (χ3v) is 3.24. The highest BCUT2D eigenvalue weighted by Gasteiger charge is 2.17. The Balaban J connectivity index is 2.87. The van der Waals surface area contributed by atoms with Crippen molar-refractivity contribution in [2.45, 2.75) is 13.3 Å². The molecule has 0 fully saturated rings. The number of methoxy groups -OCH3 is 1. The second kappa shape index (κ2) is 5.65. The lowest BCUT2D eigenvalue weighted by atomic mass is 9.95. The first-order valence-electron chi connectivity index (χ1n) is 6.31. The van der Waals surface area contributed by atoms with Crippen LogP contribution in [0.25, 0.3) is 16.8 Å². The highest BCUT2D eigenvalue weighted by molar-refractivity contribution is 6.00. The van der Waals surface area contributed by atoms with Crippen molar-refractivity contribution < 1.29 is 19.7 Å². The van der Waals surface area contributed by atoms with Gasteiger partial charge in [0, 0.05) is 17.0 Å². The van der Waals surface area contributed by atoms with Crippen LogP contribution in [0.5, 0.6) is 11.5 Å². The summed E-state index contributed by atoms with van der Waals surface area (Å²) in [5.74, 6) is -0.521. The topological polar surface area (TPSA) is 66.8 Å². The first-order chi connectivity index (χ1) is 9.60. The van der Waals surface area contributed by atoms with E-state index in [-0.39, 0.29) is 5.75 Å². The Labute approximate surface area is 116 Å². The van der Waals surface area contributed by atoms with Crippen LogP contribution in [-0.4, -0.2) is 23.3 Å². The van der Waals surface area contributed by atoms with Crippen molar-refractivity contribution >= 4 is 22.8 Å². The number of hydrogen-bond donors (Lipinski definition) is 2. The van der Waals surface area contributed by atoms with Crippen LogP contribution in [-0.2, 0) is 11.2 Å². The number of carbonyl (C=O) groups is 1. The molecule has 0 bridgehead atoms. The summed E-state index contributed by atoms with van der Waals surface area (Å²) in [6.07, 6.45) is 3.27. The number of fused-ring (bicyclic) bond motifs is 1. The molecule has 0 aliphatic carbocycles. The number of rotatable bonds is 4. The summed E-state index contributed by atoms with van der Waals surface area (Å²) in [7, 11) is 1.49. The van der Waals surface area contributed by atoms with E-state index >= 15 is 0 Å². The Morgan fingerprint density at radius 1 is 1.30 bits per heavy atom. The van der Waals surface area contributed by atoms with Crippen LogP contribution in [0, 0.1) is 0 Å². The number of ether oxygens (including phenoxy) is 1. The molecule has 0 saturated carbocycles. The minimum absolute atomic E-state index is 0.0902. The molecule has 0 spiro atoms. The van der Waals surface area contributed by atoms with Gasteiger partial charge in [-0.15, -0.1) is 0 Å². The van der Waals surface area contributed by atoms with Gasteiger partial charge in [0.05, 0.1) is 7.11 Å². The lowest BCUT2D eigenvalue weighted by Gasteiger charge is -2.16. The summed E-state index contributed by atoms with van der Waals surface area (Å²) in [6, 6.07) is 7.31. The van der Waals surface area contributed by atoms with E-state index in [1.54, 1.807) is 12.1 Å². The lowest BCUT2D eigenvalue weighted by Crippen LogP contribution is -1.97. The van der Waals surface area contributed by atoms with Crippen molar-refractivity contribution in [1.82, 2.24) is 0 Å². The Hall–Kier alpha value is -2.49. The zero-order valence-corrected chi connectivity index (χ0v) is 11.4. The fraction of sp³-hybridized carbons (Fsp3) is 0.188. The third kappa shape index (κ3) is 2.32. The number of phenolic OH excluding ortho intramolecular Hbond substituents is 1. The van der Waals surface area contributed by atoms with Gasteiger partial charge in [-0.3, -0.25) is 0 Å². The molecule has 0 saturated heterocycles. The van der Waals surface area contributed by atoms with E-state index in [4.69, 9.17) is 9.84 Å². The molecule has 20 heavy (non-hydrogen) atoms. The van der Waals surface area contributed by atoms with Crippen LogP contribution in [0.2, 0.25) is 0 Å². The zero-order valence-electron chi connectivity index (χ0n) is 11.4. The third-order valence-electron chi connectivity index (χ3n) is 3.24. The number of aliphatic carboxylic acids is 1. The molecule has 4 nitrogen and oxygen atoms in total. The van der Waals surface area contributed by atoms with Crippen LogP contribution < -0.4 is 4.74 Å². The van der Waals surface area contributed by atoms with Gasteiger partial charge in [-0.25, -0.2) is 4.79 Å². The molecular formula is C16H16O4. The Bertz CT molecular complexity index is 686. The summed E-state index contributed by atoms with van der Waals surface area (Å²) in [6.45, 7) is 1.93. The molecule has 0 atom stereocenters. The number of benzene rings is 2. The highest BCUT2D eigenvalue weighted by Crippen LogP contribution is 2.41. The quantitative estimate of drug-likeness (QED) is 0.839. The molecule has 0 heterocycles. The lowest BCUT2D eigenvalue weighted by molar-refractivity contribution is -0.131. The van der Waals surface area contributed by atoms with E-state index in [1.807, 2.05) is 25.1 Å². The largest absolute Gasteiger partial charge is 0.504 e. The summed E-state index contributed by atoms with van der Waals surface area (Å²) >= 11 is 0. The van der Waals surface area contributed by atoms with Crippen molar-refractivity contribution in [2.24, 2.45) is 0 Å². The van der Waals surface area contributed by atoms with Gasteiger partial charge in [0.15, 0.2) is 11.5 Å². The molecule has 0 radical (unpaired) electrons. The monoisotopic (exact) mass is 272 g/mol. The van der Waals surface area contributed by atoms with Crippen molar-refractivity contribution in [3.8, 4) is 11.5 Å². The smallest absolute Gasteiger partial charge is 0.328 e. The van der Waals surface area contributed by atoms with Crippen molar-refractivity contribution in [3.63, 3.8) is 0 Å². The number of carboxylic acids is 1. The van der Waals surface area contributed by atoms with Crippen LogP contribution in [0.15, 0.2) is 30.3 Å². The van der Waals surface area contributed by atoms with Crippen LogP contribution in [0.1, 0.15) is 18.1 Å². The van der Waals surface area contributed by atoms with E-state index in [1.165, 1.54) is 7.11 Å². The van der Waals surface area contributed by atoms with Gasteiger partial charge in [0.1, 0.15) is 0 Å². The number of aromatic hydroxyl groups is 1. The molecule has 0 aliphatic rings. The van der Waals surface area contributed by atoms with Crippen LogP contribution in [0.4, 0.5) is 0 Å². The van der Waals surface area contributed by atoms with Gasteiger partial charge in [0.2, 0.25) is 0 Å². The Morgan fingerprint density at radius 2 is 1.95 bits per heavy atom. The average molecular weight is 272 g/mol. The van der Waals surface area contributed by atoms with E-state index in [9.17, 15) is 9.90 Å². The maximum absolute atomic E-state index is 10.8. The van der Waals surface area contributed by atoms with E-state index in [2.05, 4.69) is 0 Å². The van der Waals surface area contributed by atoms with Gasteiger partial charge < -0.3 is 14.9 Å². The van der Waals surface area contributed by atoms with Gasteiger partial charge >= 0.3 is 5.97 Å². The highest BCUT2D eigenvalue weighted by atomic mass is 16.5. The maximum Gasteiger partial charge on any atom is 0.328 e. The maximum atomic E-state index is 10.8. The second-order valence-electron chi connectivity index (χ2n) is 4.34. The van der Waals surface area contributed by atoms with Crippen molar-refractivity contribution in [1.29, 1.82) is 0 Å². The minimum atomic E-state index is -1.01. The fourth-order valence-corrected chi connectivity index (χ4v) is 2.39. The van der Waals surface area contributed by atoms with Crippen molar-refractivity contribution in [3.05, 3.63) is 41.5 Å². The van der Waals surface area contributed by atoms with E-state index in [0.29, 0.717) is 17.6 Å². The van der Waals surface area contributed by atoms with Crippen LogP contribution in [0.3, 0.4) is 0 Å². The molecule has 2 aromatic rings. The molecule has 2 aromatic carbocycles. The molecule has 0 aromatic heterocycles. The Morgan fingerprint density at radius 3 is 2.50 bits per heavy atom. The number of carboxylic acid groups (broad SMARTS) is 1. The minimum Gasteiger partial charge on any atom is -0.504 e. The molecular weight excluding hydrogens is 256 g/mol. The van der Waals surface area contributed by atoms with Gasteiger partial charge in [-0.1, -0.05) is 31.2 Å². The van der Waals surface area contributed by atoms with E-state index in [0.717, 1.165) is 22.6 Å². The zero-order chi connectivity index (χ0) is 14.7. The van der Waals surface area contributed by atoms with Crippen LogP contribution >= 0.6 is 0 Å². The molecule has 104 valence electrons. The second-order valence-corrected chi connectivity index (χ2v) is 4.34. The first-order valence-corrected chi connectivity index (χ1v) is 6.31. The predicted molar refractivity (Wildman–Crippen MR) is 78.2 cm³/mol. The number of phenols is 1. The molecule has 4 heteroatoms. The summed E-state index contributed by atoms with van der Waals surface area (Å²) in [5.41, 5.74) is 1.56. The summed E-state index contributed by atoms with van der Waals surface area (Å²) in [5, 5.41) is 20.6. The normalized spacial score (nSPS) is 11.1. The molecule has 0 aliphatic heterocycles. The molecule has 2 N–H and O–H groups in total. The molecule has 0 amide bonds.